The van der Waals surface area contributed by atoms with Crippen LogP contribution in [-0.2, 0) is 27.4 Å². The van der Waals surface area contributed by atoms with Crippen molar-refractivity contribution in [1.82, 2.24) is 4.57 Å². The van der Waals surface area contributed by atoms with Gasteiger partial charge < -0.3 is 28.9 Å². The molecule has 0 radical (unpaired) electrons. The topological polar surface area (TPSA) is 149 Å². The molecule has 1 N–H and O–H groups in total. The number of fused-ring (bicyclic) bond motifs is 2. The Morgan fingerprint density at radius 2 is 1.76 bits per heavy atom. The number of rotatable bonds is 14. The molecule has 50 heavy (non-hydrogen) atoms. The number of halogens is 2. The first-order valence-electron chi connectivity index (χ1n) is 15.4. The summed E-state index contributed by atoms with van der Waals surface area (Å²) in [6.45, 7) is 4.25. The molecule has 260 valence electrons. The van der Waals surface area contributed by atoms with E-state index in [0.717, 1.165) is 17.5 Å². The van der Waals surface area contributed by atoms with Crippen molar-refractivity contribution < 1.29 is 70.5 Å². The molecule has 1 aliphatic rings. The SMILES string of the molecule is CN(C)c1ccc2c(OB(F)F)c(C(=O)/C=C/C=C/C=C3\N(CCCCCC(=O)[O-])c4ccc(S(=O)(=O)O)cc4C3(C)C)c(=O)n(C)c2c1.[Na+]. The molecule has 0 spiro atoms. The number of anilines is 2. The second-order valence-electron chi connectivity index (χ2n) is 12.3. The number of aliphatic carboxylic acids is 1. The zero-order valence-electron chi connectivity index (χ0n) is 28.8. The molecule has 0 bridgehead atoms. The van der Waals surface area contributed by atoms with Crippen LogP contribution in [0.2, 0.25) is 0 Å². The summed E-state index contributed by atoms with van der Waals surface area (Å²) >= 11 is 0. The van der Waals surface area contributed by atoms with Crippen molar-refractivity contribution in [2.45, 2.75) is 49.8 Å². The molecule has 3 aromatic rings. The van der Waals surface area contributed by atoms with Crippen molar-refractivity contribution in [3.05, 3.63) is 94.0 Å². The summed E-state index contributed by atoms with van der Waals surface area (Å²) in [4.78, 5) is 40.9. The summed E-state index contributed by atoms with van der Waals surface area (Å²) in [6.07, 6.45) is 8.98. The van der Waals surface area contributed by atoms with Gasteiger partial charge in [0, 0.05) is 61.5 Å². The number of benzene rings is 2. The van der Waals surface area contributed by atoms with Crippen LogP contribution in [0.5, 0.6) is 5.75 Å². The van der Waals surface area contributed by atoms with Gasteiger partial charge in [-0.05, 0) is 73.4 Å². The van der Waals surface area contributed by atoms with Gasteiger partial charge in [-0.1, -0.05) is 38.5 Å². The van der Waals surface area contributed by atoms with Crippen LogP contribution in [0, 0.1) is 0 Å². The Balaban J connectivity index is 0.00000676. The monoisotopic (exact) mass is 719 g/mol. The molecule has 2 heterocycles. The van der Waals surface area contributed by atoms with Crippen molar-refractivity contribution in [3.8, 4) is 5.75 Å². The summed E-state index contributed by atoms with van der Waals surface area (Å²) < 4.78 is 66.3. The third kappa shape index (κ3) is 8.93. The molecule has 0 unspecified atom stereocenters. The third-order valence-corrected chi connectivity index (χ3v) is 9.30. The number of carboxylic acid groups (broad SMARTS) is 1. The molecule has 0 fully saturated rings. The number of carbonyl (C=O) groups is 2. The van der Waals surface area contributed by atoms with E-state index >= 15 is 0 Å². The van der Waals surface area contributed by atoms with Crippen LogP contribution >= 0.6 is 0 Å². The van der Waals surface area contributed by atoms with E-state index in [1.807, 2.05) is 18.7 Å². The van der Waals surface area contributed by atoms with Gasteiger partial charge in [-0.25, -0.2) is 8.63 Å². The van der Waals surface area contributed by atoms with Gasteiger partial charge in [0.2, 0.25) is 0 Å². The number of allylic oxidation sites excluding steroid dienone is 6. The second-order valence-corrected chi connectivity index (χ2v) is 13.7. The first-order chi connectivity index (χ1) is 22.9. The Bertz CT molecular complexity index is 2050. The van der Waals surface area contributed by atoms with Crippen LogP contribution in [0.3, 0.4) is 0 Å². The van der Waals surface area contributed by atoms with Gasteiger partial charge in [-0.15, -0.1) is 0 Å². The maximum absolute atomic E-state index is 13.5. The minimum absolute atomic E-state index is 0. The summed E-state index contributed by atoms with van der Waals surface area (Å²) in [6, 6.07) is 9.15. The predicted octanol–water partition coefficient (Wildman–Crippen LogP) is 1.45. The van der Waals surface area contributed by atoms with E-state index < -0.39 is 51.6 Å². The van der Waals surface area contributed by atoms with Crippen LogP contribution < -0.4 is 54.7 Å². The smallest absolute Gasteiger partial charge is 0.550 e. The molecule has 0 amide bonds. The number of aromatic nitrogens is 1. The van der Waals surface area contributed by atoms with Crippen molar-refractivity contribution >= 4 is 51.6 Å². The van der Waals surface area contributed by atoms with E-state index in [2.05, 4.69) is 0 Å². The van der Waals surface area contributed by atoms with E-state index in [9.17, 15) is 41.1 Å². The molecular formula is C34H37BF2N3NaO8S. The molecule has 0 saturated heterocycles. The van der Waals surface area contributed by atoms with Crippen molar-refractivity contribution in [2.75, 3.05) is 30.4 Å². The first kappa shape index (κ1) is 40.7. The standard InChI is InChI=1S/C34H38BF2N3O8S.Na/c1-34(2)25-21-23(49(45,46)47)16-18-26(25)40(19-11-7-10-14-30(42)43)29(34)13-9-6-8-12-28(41)31-32(48-35(36)37)24-17-15-22(38(3)4)20-27(24)39(5)33(31)44;/h6,8-9,12-13,15-18,20-21H,7,10-11,14,19H2,1-5H3,(H,42,43)(H,45,46,47);/q;+1/p-1/b9-6+,12-8+,29-13-;. The molecular weight excluding hydrogens is 682 g/mol. The number of hydrogen-bond acceptors (Lipinski definition) is 9. The Kier molecular flexibility index (Phi) is 13.4. The first-order valence-corrected chi connectivity index (χ1v) is 16.9. The van der Waals surface area contributed by atoms with Crippen molar-refractivity contribution in [1.29, 1.82) is 0 Å². The molecule has 0 atom stereocenters. The van der Waals surface area contributed by atoms with Crippen molar-refractivity contribution in [3.63, 3.8) is 0 Å². The molecule has 2 aromatic carbocycles. The predicted molar refractivity (Wildman–Crippen MR) is 183 cm³/mol. The van der Waals surface area contributed by atoms with Gasteiger partial charge in [0.1, 0.15) is 11.3 Å². The fourth-order valence-electron chi connectivity index (χ4n) is 5.91. The summed E-state index contributed by atoms with van der Waals surface area (Å²) in [5, 5.41) is 11.0. The van der Waals surface area contributed by atoms with E-state index in [1.54, 1.807) is 49.3 Å². The van der Waals surface area contributed by atoms with E-state index in [0.29, 0.717) is 42.6 Å². The number of unbranched alkanes of at least 4 members (excludes halogenated alkanes) is 2. The van der Waals surface area contributed by atoms with Crippen molar-refractivity contribution in [2.24, 2.45) is 7.05 Å². The number of carboxylic acids is 1. The number of aryl methyl sites for hydroxylation is 1. The molecule has 4 rings (SSSR count). The van der Waals surface area contributed by atoms with Crippen LogP contribution in [0.25, 0.3) is 10.9 Å². The van der Waals surface area contributed by atoms with E-state index in [-0.39, 0.29) is 46.3 Å². The number of ketones is 1. The summed E-state index contributed by atoms with van der Waals surface area (Å²) in [5.74, 6) is -2.47. The number of nitrogens with zero attached hydrogens (tertiary/aromatic N) is 3. The third-order valence-electron chi connectivity index (χ3n) is 8.45. The molecule has 0 aliphatic carbocycles. The Hall–Kier alpha value is -3.76. The summed E-state index contributed by atoms with van der Waals surface area (Å²) in [5.41, 5.74) is 1.09. The Morgan fingerprint density at radius 3 is 2.38 bits per heavy atom. The largest absolute Gasteiger partial charge is 1.00 e. The number of carbonyl (C=O) groups excluding carboxylic acids is 2. The zero-order chi connectivity index (χ0) is 36.3. The zero-order valence-corrected chi connectivity index (χ0v) is 31.6. The summed E-state index contributed by atoms with van der Waals surface area (Å²) in [7, 11) is -2.73. The van der Waals surface area contributed by atoms with Gasteiger partial charge in [0.05, 0.1) is 10.4 Å². The minimum Gasteiger partial charge on any atom is -0.550 e. The Morgan fingerprint density at radius 1 is 1.06 bits per heavy atom. The molecule has 0 saturated carbocycles. The van der Waals surface area contributed by atoms with Crippen LogP contribution in [0.4, 0.5) is 20.0 Å². The van der Waals surface area contributed by atoms with Gasteiger partial charge >= 0.3 is 37.0 Å². The van der Waals surface area contributed by atoms with Crippen LogP contribution in [0.1, 0.15) is 55.5 Å². The van der Waals surface area contributed by atoms with Gasteiger partial charge in [-0.2, -0.15) is 8.42 Å². The van der Waals surface area contributed by atoms with Gasteiger partial charge in [-0.3, -0.25) is 14.1 Å². The average molecular weight is 720 g/mol. The number of pyridine rings is 1. The maximum Gasteiger partial charge on any atom is 1.00 e. The Labute approximate surface area is 312 Å². The molecule has 1 aliphatic heterocycles. The average Bonchev–Trinajstić information content (AvgIpc) is 3.23. The quantitative estimate of drug-likeness (QED) is 0.0648. The van der Waals surface area contributed by atoms with Gasteiger partial charge in [0.15, 0.2) is 5.78 Å². The van der Waals surface area contributed by atoms with Crippen LogP contribution in [0.15, 0.2) is 82.2 Å². The fourth-order valence-corrected chi connectivity index (χ4v) is 6.42. The molecule has 16 heteroatoms. The molecule has 1 aromatic heterocycles. The van der Waals surface area contributed by atoms with Gasteiger partial charge in [0.25, 0.3) is 15.7 Å². The normalized spacial score (nSPS) is 14.7. The minimum atomic E-state index is -4.46. The van der Waals surface area contributed by atoms with E-state index in [1.165, 1.54) is 42.0 Å². The second kappa shape index (κ2) is 16.5. The van der Waals surface area contributed by atoms with Crippen LogP contribution in [-0.4, -0.2) is 57.4 Å². The van der Waals surface area contributed by atoms with E-state index in [4.69, 9.17) is 4.65 Å². The molecule has 11 nitrogen and oxygen atoms in total. The number of hydrogen-bond donors (Lipinski definition) is 1. The maximum atomic E-state index is 13.5. The fraction of sp³-hybridized carbons (Fsp3) is 0.324.